The topological polar surface area (TPSA) is 0 Å². The molecule has 0 nitrogen and oxygen atoms in total. The fraction of sp³-hybridized carbons (Fsp3) is 0.500. The van der Waals surface area contributed by atoms with E-state index in [0.717, 1.165) is 12.8 Å². The average molecular weight is 245 g/mol. The van der Waals surface area contributed by atoms with Gasteiger partial charge in [-0.15, -0.1) is 0 Å². The van der Waals surface area contributed by atoms with Crippen LogP contribution in [0.1, 0.15) is 58.3 Å². The lowest BCUT2D eigenvalue weighted by Crippen LogP contribution is -1.77. The summed E-state index contributed by atoms with van der Waals surface area (Å²) in [5, 5.41) is 0. The molecule has 0 aromatic carbocycles. The van der Waals surface area contributed by atoms with Gasteiger partial charge in [-0.1, -0.05) is 94.6 Å². The van der Waals surface area contributed by atoms with Crippen molar-refractivity contribution < 1.29 is 0 Å². The molecule has 0 heterocycles. The zero-order chi connectivity index (χ0) is 13.3. The molecule has 101 valence electrons. The lowest BCUT2D eigenvalue weighted by Gasteiger charge is -1.96. The highest BCUT2D eigenvalue weighted by molar-refractivity contribution is 5.15. The van der Waals surface area contributed by atoms with E-state index in [1.54, 1.807) is 0 Å². The van der Waals surface area contributed by atoms with Crippen LogP contribution in [0.25, 0.3) is 0 Å². The summed E-state index contributed by atoms with van der Waals surface area (Å²) in [5.74, 6) is 0. The van der Waals surface area contributed by atoms with E-state index in [9.17, 15) is 0 Å². The third-order valence-corrected chi connectivity index (χ3v) is 2.68. The van der Waals surface area contributed by atoms with Crippen LogP contribution in [0.4, 0.5) is 0 Å². The predicted molar refractivity (Wildman–Crippen MR) is 84.5 cm³/mol. The van der Waals surface area contributed by atoms with Gasteiger partial charge in [-0.05, 0) is 19.3 Å². The second kappa shape index (κ2) is 16.0. The van der Waals surface area contributed by atoms with Crippen molar-refractivity contribution in [2.24, 2.45) is 0 Å². The lowest BCUT2D eigenvalue weighted by molar-refractivity contribution is 0.621. The fourth-order valence-corrected chi connectivity index (χ4v) is 1.62. The van der Waals surface area contributed by atoms with Gasteiger partial charge in [0.15, 0.2) is 0 Å². The van der Waals surface area contributed by atoms with Gasteiger partial charge in [0.05, 0.1) is 0 Å². The average Bonchev–Trinajstić information content (AvgIpc) is 2.39. The maximum atomic E-state index is 3.86. The minimum Gasteiger partial charge on any atom is -0.0848 e. The van der Waals surface area contributed by atoms with Crippen molar-refractivity contribution in [3.63, 3.8) is 0 Å². The lowest BCUT2D eigenvalue weighted by atomic mass is 10.1. The normalized spacial score (nSPS) is 12.8. The van der Waals surface area contributed by atoms with E-state index in [1.165, 1.54) is 38.5 Å². The molecule has 18 heavy (non-hydrogen) atoms. The van der Waals surface area contributed by atoms with Gasteiger partial charge in [-0.25, -0.2) is 0 Å². The fourth-order valence-electron chi connectivity index (χ4n) is 1.62. The minimum absolute atomic E-state index is 1.09. The molecule has 0 spiro atoms. The van der Waals surface area contributed by atoms with E-state index >= 15 is 0 Å². The van der Waals surface area contributed by atoms with Gasteiger partial charge in [0, 0.05) is 0 Å². The Morgan fingerprint density at radius 3 is 1.89 bits per heavy atom. The van der Waals surface area contributed by atoms with Crippen LogP contribution < -0.4 is 0 Å². The van der Waals surface area contributed by atoms with Crippen LogP contribution in [0.5, 0.6) is 0 Å². The summed E-state index contributed by atoms with van der Waals surface area (Å²) in [6.07, 6.45) is 27.0. The third kappa shape index (κ3) is 15.0. The molecule has 0 amide bonds. The van der Waals surface area contributed by atoms with Crippen molar-refractivity contribution in [3.8, 4) is 0 Å². The Bertz CT molecular complexity index is 253. The van der Waals surface area contributed by atoms with E-state index in [2.05, 4.69) is 62.5 Å². The Morgan fingerprint density at radius 1 is 0.667 bits per heavy atom. The Balaban J connectivity index is 3.34. The quantitative estimate of drug-likeness (QED) is 0.301. The summed E-state index contributed by atoms with van der Waals surface area (Å²) < 4.78 is 0. The first-order valence-electron chi connectivity index (χ1n) is 7.36. The van der Waals surface area contributed by atoms with Crippen LogP contribution >= 0.6 is 0 Å². The van der Waals surface area contributed by atoms with Crippen molar-refractivity contribution in [2.45, 2.75) is 58.3 Å². The Labute approximate surface area is 114 Å². The standard InChI is InChI=1S/C18H29/c1-3-5-7-9-11-13-15-17-18-16-14-12-10-8-6-4-2/h6,8,10,12,14,16-18H,1,3-5,7,9,11,13,15H2,2H3/b8-6+,12-10+,16-14+,18-17+. The van der Waals surface area contributed by atoms with Crippen molar-refractivity contribution in [1.29, 1.82) is 0 Å². The van der Waals surface area contributed by atoms with Crippen LogP contribution in [0.15, 0.2) is 48.6 Å². The van der Waals surface area contributed by atoms with Gasteiger partial charge >= 0.3 is 0 Å². The summed E-state index contributed by atoms with van der Waals surface area (Å²) in [4.78, 5) is 0. The Hall–Kier alpha value is -1.04. The molecule has 0 heteroatoms. The van der Waals surface area contributed by atoms with E-state index in [-0.39, 0.29) is 0 Å². The predicted octanol–water partition coefficient (Wildman–Crippen LogP) is 6.19. The molecule has 0 rings (SSSR count). The highest BCUT2D eigenvalue weighted by atomic mass is 13.9. The maximum Gasteiger partial charge on any atom is -0.0348 e. The molecule has 0 atom stereocenters. The van der Waals surface area contributed by atoms with Crippen molar-refractivity contribution in [1.82, 2.24) is 0 Å². The molecular weight excluding hydrogens is 216 g/mol. The minimum atomic E-state index is 1.09. The molecule has 0 bridgehead atoms. The number of hydrogen-bond donors (Lipinski definition) is 0. The maximum absolute atomic E-state index is 3.86. The number of unbranched alkanes of at least 4 members (excludes halogenated alkanes) is 6. The Morgan fingerprint density at radius 2 is 1.22 bits per heavy atom. The number of hydrogen-bond acceptors (Lipinski definition) is 0. The smallest absolute Gasteiger partial charge is 0.0348 e. The first-order chi connectivity index (χ1) is 8.91. The van der Waals surface area contributed by atoms with Crippen molar-refractivity contribution >= 4 is 0 Å². The monoisotopic (exact) mass is 245 g/mol. The van der Waals surface area contributed by atoms with Crippen molar-refractivity contribution in [3.05, 3.63) is 55.5 Å². The highest BCUT2D eigenvalue weighted by Gasteiger charge is 1.87. The summed E-state index contributed by atoms with van der Waals surface area (Å²) in [6, 6.07) is 0. The SMILES string of the molecule is [CH2]CCCCCCC/C=C/C=C/C=C/C=C/CC. The molecule has 0 aromatic heterocycles. The van der Waals surface area contributed by atoms with Crippen molar-refractivity contribution in [2.75, 3.05) is 0 Å². The summed E-state index contributed by atoms with van der Waals surface area (Å²) in [7, 11) is 0. The second-order valence-electron chi connectivity index (χ2n) is 4.44. The zero-order valence-electron chi connectivity index (χ0n) is 12.0. The van der Waals surface area contributed by atoms with Gasteiger partial charge in [-0.3, -0.25) is 0 Å². The summed E-state index contributed by atoms with van der Waals surface area (Å²) >= 11 is 0. The largest absolute Gasteiger partial charge is 0.0848 e. The first-order valence-corrected chi connectivity index (χ1v) is 7.36. The molecule has 0 aromatic rings. The molecule has 0 saturated carbocycles. The van der Waals surface area contributed by atoms with Gasteiger partial charge in [-0.2, -0.15) is 0 Å². The molecule has 0 aliphatic heterocycles. The van der Waals surface area contributed by atoms with E-state index in [0.29, 0.717) is 0 Å². The highest BCUT2D eigenvalue weighted by Crippen LogP contribution is 2.06. The van der Waals surface area contributed by atoms with E-state index in [4.69, 9.17) is 0 Å². The van der Waals surface area contributed by atoms with Gasteiger partial charge in [0.2, 0.25) is 0 Å². The molecule has 0 aliphatic carbocycles. The molecule has 1 radical (unpaired) electrons. The van der Waals surface area contributed by atoms with Crippen LogP contribution in [0.3, 0.4) is 0 Å². The zero-order valence-corrected chi connectivity index (χ0v) is 12.0. The Kier molecular flexibility index (Phi) is 15.0. The molecule has 0 saturated heterocycles. The summed E-state index contributed by atoms with van der Waals surface area (Å²) in [5.41, 5.74) is 0. The van der Waals surface area contributed by atoms with Crippen LogP contribution in [0.2, 0.25) is 0 Å². The molecule has 0 unspecified atom stereocenters. The van der Waals surface area contributed by atoms with Crippen LogP contribution in [-0.2, 0) is 0 Å². The molecule has 0 fully saturated rings. The van der Waals surface area contributed by atoms with Crippen LogP contribution in [-0.4, -0.2) is 0 Å². The molecular formula is C18H29. The van der Waals surface area contributed by atoms with Crippen LogP contribution in [0, 0.1) is 6.92 Å². The first kappa shape index (κ1) is 17.0. The second-order valence-corrected chi connectivity index (χ2v) is 4.44. The van der Waals surface area contributed by atoms with E-state index in [1.807, 2.05) is 0 Å². The third-order valence-electron chi connectivity index (χ3n) is 2.68. The molecule has 0 aliphatic rings. The number of rotatable bonds is 11. The molecule has 0 N–H and O–H groups in total. The number of allylic oxidation sites excluding steroid dienone is 8. The van der Waals surface area contributed by atoms with E-state index < -0.39 is 0 Å². The summed E-state index contributed by atoms with van der Waals surface area (Å²) in [6.45, 7) is 6.00. The van der Waals surface area contributed by atoms with Gasteiger partial charge in [0.25, 0.3) is 0 Å². The van der Waals surface area contributed by atoms with Gasteiger partial charge in [0.1, 0.15) is 0 Å². The van der Waals surface area contributed by atoms with Gasteiger partial charge < -0.3 is 0 Å².